The molecule has 4 nitrogen and oxygen atoms in total. The van der Waals surface area contributed by atoms with Crippen molar-refractivity contribution in [3.05, 3.63) is 42.5 Å². The van der Waals surface area contributed by atoms with Crippen LogP contribution in [0.3, 0.4) is 0 Å². The van der Waals surface area contributed by atoms with Gasteiger partial charge in [-0.05, 0) is 30.5 Å². The molecule has 100 valence electrons. The van der Waals surface area contributed by atoms with Crippen LogP contribution in [0.4, 0.5) is 0 Å². The molecule has 19 heavy (non-hydrogen) atoms. The molecule has 0 saturated heterocycles. The Balaban J connectivity index is 2.27. The number of nitriles is 1. The van der Waals surface area contributed by atoms with Gasteiger partial charge < -0.3 is 0 Å². The van der Waals surface area contributed by atoms with E-state index in [0.29, 0.717) is 13.0 Å². The van der Waals surface area contributed by atoms with Crippen LogP contribution in [0.15, 0.2) is 41.8 Å². The van der Waals surface area contributed by atoms with Gasteiger partial charge in [0.15, 0.2) is 0 Å². The molecule has 5 heteroatoms. The third kappa shape index (κ3) is 3.03. The molecule has 0 atom stereocenters. The van der Waals surface area contributed by atoms with E-state index >= 15 is 0 Å². The number of nitrogens with zero attached hydrogens (tertiary/aromatic N) is 2. The molecular weight excluding hydrogens is 260 g/mol. The predicted molar refractivity (Wildman–Crippen MR) is 72.9 cm³/mol. The van der Waals surface area contributed by atoms with Crippen molar-refractivity contribution in [1.29, 1.82) is 5.26 Å². The zero-order chi connectivity index (χ0) is 13.9. The number of benzene rings is 1. The number of hydrogen-bond acceptors (Lipinski definition) is 3. The van der Waals surface area contributed by atoms with E-state index in [4.69, 9.17) is 5.26 Å². The van der Waals surface area contributed by atoms with Gasteiger partial charge in [-0.3, -0.25) is 0 Å². The van der Waals surface area contributed by atoms with E-state index in [1.54, 1.807) is 30.3 Å². The van der Waals surface area contributed by atoms with Crippen LogP contribution in [0.25, 0.3) is 0 Å². The van der Waals surface area contributed by atoms with E-state index in [-0.39, 0.29) is 10.9 Å². The van der Waals surface area contributed by atoms with Crippen molar-refractivity contribution in [2.24, 2.45) is 0 Å². The largest absolute Gasteiger partial charge is 0.243 e. The fourth-order valence-corrected chi connectivity index (χ4v) is 3.59. The average Bonchev–Trinajstić information content (AvgIpc) is 3.21. The van der Waals surface area contributed by atoms with Gasteiger partial charge in [0, 0.05) is 12.6 Å². The van der Waals surface area contributed by atoms with Crippen molar-refractivity contribution in [2.45, 2.75) is 30.2 Å². The first-order valence-corrected chi connectivity index (χ1v) is 7.62. The Morgan fingerprint density at radius 3 is 2.47 bits per heavy atom. The fraction of sp³-hybridized carbons (Fsp3) is 0.357. The molecule has 0 heterocycles. The first-order chi connectivity index (χ1) is 9.09. The van der Waals surface area contributed by atoms with E-state index in [9.17, 15) is 8.42 Å². The van der Waals surface area contributed by atoms with Gasteiger partial charge in [0.2, 0.25) is 10.0 Å². The van der Waals surface area contributed by atoms with Crippen LogP contribution in [0.1, 0.15) is 18.4 Å². The lowest BCUT2D eigenvalue weighted by molar-refractivity contribution is 0.436. The lowest BCUT2D eigenvalue weighted by Gasteiger charge is -2.20. The summed E-state index contributed by atoms with van der Waals surface area (Å²) in [5.41, 5.74) is 0.822. The minimum atomic E-state index is -3.45. The zero-order valence-corrected chi connectivity index (χ0v) is 11.4. The minimum Gasteiger partial charge on any atom is -0.207 e. The Kier molecular flexibility index (Phi) is 4.03. The molecule has 0 N–H and O–H groups in total. The SMILES string of the molecule is C=CCN(C1CC1)S(=O)(=O)c1ccc(CC#N)cc1. The second-order valence-corrected chi connectivity index (χ2v) is 6.46. The van der Waals surface area contributed by atoms with Gasteiger partial charge in [0.1, 0.15) is 0 Å². The Labute approximate surface area is 114 Å². The van der Waals surface area contributed by atoms with Gasteiger partial charge in [0.25, 0.3) is 0 Å². The molecule has 0 aliphatic heterocycles. The van der Waals surface area contributed by atoms with E-state index in [0.717, 1.165) is 18.4 Å². The van der Waals surface area contributed by atoms with Crippen LogP contribution in [0.2, 0.25) is 0 Å². The maximum atomic E-state index is 12.5. The zero-order valence-electron chi connectivity index (χ0n) is 10.6. The summed E-state index contributed by atoms with van der Waals surface area (Å²) in [4.78, 5) is 0.280. The van der Waals surface area contributed by atoms with Crippen molar-refractivity contribution in [3.63, 3.8) is 0 Å². The lowest BCUT2D eigenvalue weighted by atomic mass is 10.2. The second-order valence-electron chi connectivity index (χ2n) is 4.57. The molecule has 1 fully saturated rings. The smallest absolute Gasteiger partial charge is 0.207 e. The second kappa shape index (κ2) is 5.55. The molecule has 1 aromatic carbocycles. The predicted octanol–water partition coefficient (Wildman–Crippen LogP) is 2.09. The van der Waals surface area contributed by atoms with Gasteiger partial charge in [-0.15, -0.1) is 6.58 Å². The number of rotatable bonds is 6. The molecule has 0 unspecified atom stereocenters. The summed E-state index contributed by atoms with van der Waals surface area (Å²) in [5.74, 6) is 0. The third-order valence-corrected chi connectivity index (χ3v) is 5.01. The van der Waals surface area contributed by atoms with Crippen molar-refractivity contribution < 1.29 is 8.42 Å². The van der Waals surface area contributed by atoms with Crippen LogP contribution < -0.4 is 0 Å². The molecular formula is C14H16N2O2S. The summed E-state index contributed by atoms with van der Waals surface area (Å²) in [5, 5.41) is 8.60. The van der Waals surface area contributed by atoms with Crippen molar-refractivity contribution in [3.8, 4) is 6.07 Å². The van der Waals surface area contributed by atoms with Crippen LogP contribution in [-0.2, 0) is 16.4 Å². The van der Waals surface area contributed by atoms with Crippen molar-refractivity contribution in [2.75, 3.05) is 6.54 Å². The molecule has 0 bridgehead atoms. The normalized spacial score (nSPS) is 15.2. The summed E-state index contributed by atoms with van der Waals surface area (Å²) in [6, 6.07) is 8.67. The van der Waals surface area contributed by atoms with Crippen molar-refractivity contribution >= 4 is 10.0 Å². The molecule has 1 aliphatic rings. The molecule has 1 aromatic rings. The van der Waals surface area contributed by atoms with Gasteiger partial charge in [-0.25, -0.2) is 8.42 Å². The maximum absolute atomic E-state index is 12.5. The van der Waals surface area contributed by atoms with Crippen LogP contribution in [0.5, 0.6) is 0 Å². The third-order valence-electron chi connectivity index (χ3n) is 3.08. The Morgan fingerprint density at radius 2 is 2.00 bits per heavy atom. The van der Waals surface area contributed by atoms with Gasteiger partial charge in [-0.2, -0.15) is 9.57 Å². The first kappa shape index (κ1) is 13.8. The Morgan fingerprint density at radius 1 is 1.37 bits per heavy atom. The van der Waals surface area contributed by atoms with Crippen molar-refractivity contribution in [1.82, 2.24) is 4.31 Å². The molecule has 1 aliphatic carbocycles. The Hall–Kier alpha value is -1.64. The van der Waals surface area contributed by atoms with E-state index in [2.05, 4.69) is 6.58 Å². The minimum absolute atomic E-state index is 0.113. The quantitative estimate of drug-likeness (QED) is 0.747. The number of hydrogen-bond donors (Lipinski definition) is 0. The average molecular weight is 276 g/mol. The first-order valence-electron chi connectivity index (χ1n) is 6.18. The summed E-state index contributed by atoms with van der Waals surface area (Å²) in [7, 11) is -3.45. The summed E-state index contributed by atoms with van der Waals surface area (Å²) in [6.45, 7) is 3.95. The highest BCUT2D eigenvalue weighted by Crippen LogP contribution is 2.31. The summed E-state index contributed by atoms with van der Waals surface area (Å²) in [6.07, 6.45) is 3.73. The monoisotopic (exact) mass is 276 g/mol. The van der Waals surface area contributed by atoms with E-state index in [1.165, 1.54) is 4.31 Å². The molecule has 0 radical (unpaired) electrons. The molecule has 0 aromatic heterocycles. The summed E-state index contributed by atoms with van der Waals surface area (Å²) < 4.78 is 26.5. The van der Waals surface area contributed by atoms with E-state index < -0.39 is 10.0 Å². The van der Waals surface area contributed by atoms with E-state index in [1.807, 2.05) is 6.07 Å². The number of sulfonamides is 1. The highest BCUT2D eigenvalue weighted by Gasteiger charge is 2.37. The van der Waals surface area contributed by atoms with Gasteiger partial charge >= 0.3 is 0 Å². The Bertz CT molecular complexity index is 595. The van der Waals surface area contributed by atoms with Crippen LogP contribution >= 0.6 is 0 Å². The highest BCUT2D eigenvalue weighted by molar-refractivity contribution is 7.89. The summed E-state index contributed by atoms with van der Waals surface area (Å²) >= 11 is 0. The standard InChI is InChI=1S/C14H16N2O2S/c1-2-11-16(13-5-6-13)19(17,18)14-7-3-12(4-8-14)9-10-15/h2-4,7-8,13H,1,5-6,9,11H2. The topological polar surface area (TPSA) is 61.2 Å². The van der Waals surface area contributed by atoms with Crippen LogP contribution in [0, 0.1) is 11.3 Å². The lowest BCUT2D eigenvalue weighted by Crippen LogP contribution is -2.33. The highest BCUT2D eigenvalue weighted by atomic mass is 32.2. The maximum Gasteiger partial charge on any atom is 0.243 e. The molecule has 0 spiro atoms. The molecule has 0 amide bonds. The molecule has 2 rings (SSSR count). The fourth-order valence-electron chi connectivity index (χ4n) is 1.94. The van der Waals surface area contributed by atoms with Gasteiger partial charge in [0.05, 0.1) is 17.4 Å². The van der Waals surface area contributed by atoms with Crippen LogP contribution in [-0.4, -0.2) is 25.3 Å². The van der Waals surface area contributed by atoms with Gasteiger partial charge in [-0.1, -0.05) is 18.2 Å². The molecule has 1 saturated carbocycles.